The van der Waals surface area contributed by atoms with Crippen molar-refractivity contribution in [3.05, 3.63) is 59.4 Å². The summed E-state index contributed by atoms with van der Waals surface area (Å²) >= 11 is 0. The van der Waals surface area contributed by atoms with Gasteiger partial charge in [-0.25, -0.2) is 17.6 Å². The Morgan fingerprint density at radius 3 is 2.43 bits per heavy atom. The summed E-state index contributed by atoms with van der Waals surface area (Å²) in [7, 11) is -3.71. The van der Waals surface area contributed by atoms with Crippen molar-refractivity contribution < 1.29 is 22.7 Å². The first-order valence-corrected chi connectivity index (χ1v) is 10.4. The van der Waals surface area contributed by atoms with Crippen molar-refractivity contribution in [1.29, 1.82) is 5.26 Å². The second kappa shape index (κ2) is 8.85. The Labute approximate surface area is 163 Å². The Kier molecular flexibility index (Phi) is 6.75. The molecule has 6 nitrogen and oxygen atoms in total. The van der Waals surface area contributed by atoms with E-state index in [0.29, 0.717) is 28.7 Å². The first-order valence-electron chi connectivity index (χ1n) is 8.69. The van der Waals surface area contributed by atoms with Gasteiger partial charge in [-0.15, -0.1) is 0 Å². The number of nitrogens with one attached hydrogen (secondary N) is 1. The van der Waals surface area contributed by atoms with E-state index in [9.17, 15) is 22.9 Å². The largest absolute Gasteiger partial charge is 0.465 e. The van der Waals surface area contributed by atoms with E-state index in [4.69, 9.17) is 5.11 Å². The predicted octanol–water partition coefficient (Wildman–Crippen LogP) is 3.89. The zero-order chi connectivity index (χ0) is 20.9. The zero-order valence-corrected chi connectivity index (χ0v) is 16.3. The highest BCUT2D eigenvalue weighted by Gasteiger charge is 2.28. The number of amides is 1. The molecule has 0 aliphatic heterocycles. The van der Waals surface area contributed by atoms with Crippen LogP contribution in [0.3, 0.4) is 0 Å². The van der Waals surface area contributed by atoms with Crippen molar-refractivity contribution in [3.63, 3.8) is 0 Å². The van der Waals surface area contributed by atoms with E-state index < -0.39 is 33.0 Å². The Morgan fingerprint density at radius 1 is 1.25 bits per heavy atom. The molecule has 2 rings (SSSR count). The number of hydrogen-bond acceptors (Lipinski definition) is 4. The quantitative estimate of drug-likeness (QED) is 0.728. The lowest BCUT2D eigenvalue weighted by atomic mass is 9.96. The summed E-state index contributed by atoms with van der Waals surface area (Å²) in [6.45, 7) is 3.23. The van der Waals surface area contributed by atoms with Crippen LogP contribution in [-0.4, -0.2) is 31.4 Å². The molecule has 2 unspecified atom stereocenters. The van der Waals surface area contributed by atoms with Gasteiger partial charge in [0.15, 0.2) is 9.84 Å². The molecule has 0 saturated heterocycles. The first kappa shape index (κ1) is 21.4. The van der Waals surface area contributed by atoms with E-state index in [1.807, 2.05) is 6.07 Å². The van der Waals surface area contributed by atoms with E-state index in [0.717, 1.165) is 0 Å². The fourth-order valence-corrected chi connectivity index (χ4v) is 4.68. The molecule has 2 atom stereocenters. The van der Waals surface area contributed by atoms with Gasteiger partial charge in [0.1, 0.15) is 5.82 Å². The molecule has 0 saturated carbocycles. The number of benzene rings is 2. The molecular formula is C20H21FN2O4S. The highest BCUT2D eigenvalue weighted by molar-refractivity contribution is 7.91. The fourth-order valence-electron chi connectivity index (χ4n) is 2.91. The minimum Gasteiger partial charge on any atom is -0.465 e. The van der Waals surface area contributed by atoms with E-state index in [1.165, 1.54) is 37.3 Å². The van der Waals surface area contributed by atoms with E-state index in [-0.39, 0.29) is 5.75 Å². The van der Waals surface area contributed by atoms with E-state index in [2.05, 4.69) is 5.32 Å². The van der Waals surface area contributed by atoms with Gasteiger partial charge in [0.2, 0.25) is 0 Å². The molecule has 1 amide bonds. The lowest BCUT2D eigenvalue weighted by Crippen LogP contribution is -2.39. The van der Waals surface area contributed by atoms with Crippen molar-refractivity contribution in [2.75, 3.05) is 5.75 Å². The van der Waals surface area contributed by atoms with E-state index in [1.54, 1.807) is 19.1 Å². The highest BCUT2D eigenvalue weighted by atomic mass is 32.2. The number of hydrogen-bond donors (Lipinski definition) is 2. The summed E-state index contributed by atoms with van der Waals surface area (Å²) in [5.74, 6) is -0.771. The lowest BCUT2D eigenvalue weighted by Gasteiger charge is -2.21. The van der Waals surface area contributed by atoms with Crippen molar-refractivity contribution in [1.82, 2.24) is 5.32 Å². The molecule has 0 aliphatic rings. The third kappa shape index (κ3) is 5.08. The monoisotopic (exact) mass is 404 g/mol. The van der Waals surface area contributed by atoms with Crippen LogP contribution in [0.4, 0.5) is 9.18 Å². The van der Waals surface area contributed by atoms with Gasteiger partial charge >= 0.3 is 6.09 Å². The Bertz CT molecular complexity index is 998. The molecule has 0 aliphatic carbocycles. The van der Waals surface area contributed by atoms with Crippen LogP contribution in [0.25, 0.3) is 11.1 Å². The van der Waals surface area contributed by atoms with Gasteiger partial charge in [0.25, 0.3) is 0 Å². The lowest BCUT2D eigenvalue weighted by molar-refractivity contribution is 0.190. The normalized spacial score (nSPS) is 13.4. The van der Waals surface area contributed by atoms with Crippen LogP contribution < -0.4 is 5.32 Å². The Morgan fingerprint density at radius 2 is 1.89 bits per heavy atom. The molecule has 0 spiro atoms. The average molecular weight is 404 g/mol. The summed E-state index contributed by atoms with van der Waals surface area (Å²) in [4.78, 5) is 10.9. The SMILES string of the molecule is CCC(CS(=O)(=O)C(C)c1ccc(C#N)cc1-c1ccc(F)cc1)NC(=O)O. The Hall–Kier alpha value is -2.92. The summed E-state index contributed by atoms with van der Waals surface area (Å²) in [5.41, 5.74) is 1.93. The fraction of sp³-hybridized carbons (Fsp3) is 0.300. The molecule has 0 fully saturated rings. The summed E-state index contributed by atoms with van der Waals surface area (Å²) in [6.07, 6.45) is -0.948. The number of nitrogens with zero attached hydrogens (tertiary/aromatic N) is 1. The van der Waals surface area contributed by atoms with Crippen molar-refractivity contribution in [2.45, 2.75) is 31.6 Å². The minimum atomic E-state index is -3.71. The molecule has 2 N–H and O–H groups in total. The Balaban J connectivity index is 2.46. The topological polar surface area (TPSA) is 107 Å². The van der Waals surface area contributed by atoms with Gasteiger partial charge in [-0.1, -0.05) is 25.1 Å². The molecule has 0 heterocycles. The van der Waals surface area contributed by atoms with Crippen LogP contribution in [0.5, 0.6) is 0 Å². The molecule has 0 aromatic heterocycles. The maximum Gasteiger partial charge on any atom is 0.404 e. The van der Waals surface area contributed by atoms with E-state index >= 15 is 0 Å². The average Bonchev–Trinajstić information content (AvgIpc) is 2.66. The number of carboxylic acid groups (broad SMARTS) is 1. The standard InChI is InChI=1S/C20H21FN2O4S/c1-3-17(23-20(24)25)12-28(26,27)13(2)18-9-4-14(11-22)10-19(18)15-5-7-16(21)8-6-15/h4-10,13,17,23H,3,12H2,1-2H3,(H,24,25). The van der Waals surface area contributed by atoms with Gasteiger partial charge in [-0.2, -0.15) is 5.26 Å². The molecule has 148 valence electrons. The number of sulfone groups is 1. The molecule has 0 radical (unpaired) electrons. The molecule has 8 heteroatoms. The third-order valence-electron chi connectivity index (χ3n) is 4.57. The van der Waals surface area contributed by atoms with Gasteiger partial charge < -0.3 is 10.4 Å². The summed E-state index contributed by atoms with van der Waals surface area (Å²) in [5, 5.41) is 19.3. The van der Waals surface area contributed by atoms with Gasteiger partial charge in [-0.05, 0) is 54.3 Å². The maximum absolute atomic E-state index is 13.3. The third-order valence-corrected chi connectivity index (χ3v) is 6.77. The van der Waals surface area contributed by atoms with Crippen LogP contribution in [0.1, 0.15) is 36.6 Å². The number of halogens is 1. The second-order valence-electron chi connectivity index (χ2n) is 6.45. The predicted molar refractivity (Wildman–Crippen MR) is 104 cm³/mol. The summed E-state index contributed by atoms with van der Waals surface area (Å²) < 4.78 is 39.1. The molecule has 28 heavy (non-hydrogen) atoms. The van der Waals surface area contributed by atoms with Crippen LogP contribution >= 0.6 is 0 Å². The van der Waals surface area contributed by atoms with Crippen LogP contribution in [0.2, 0.25) is 0 Å². The van der Waals surface area contributed by atoms with Crippen LogP contribution in [-0.2, 0) is 9.84 Å². The number of rotatable bonds is 7. The van der Waals surface area contributed by atoms with Crippen LogP contribution in [0.15, 0.2) is 42.5 Å². The molecule has 2 aromatic carbocycles. The van der Waals surface area contributed by atoms with Gasteiger partial charge in [-0.3, -0.25) is 0 Å². The van der Waals surface area contributed by atoms with Crippen molar-refractivity contribution >= 4 is 15.9 Å². The van der Waals surface area contributed by atoms with Gasteiger partial charge in [0.05, 0.1) is 22.6 Å². The van der Waals surface area contributed by atoms with Crippen molar-refractivity contribution in [2.24, 2.45) is 0 Å². The molecule has 2 aromatic rings. The number of carbonyl (C=O) groups is 1. The first-order chi connectivity index (χ1) is 13.2. The zero-order valence-electron chi connectivity index (χ0n) is 15.5. The highest BCUT2D eigenvalue weighted by Crippen LogP contribution is 2.34. The second-order valence-corrected chi connectivity index (χ2v) is 8.81. The molecular weight excluding hydrogens is 383 g/mol. The van der Waals surface area contributed by atoms with Crippen LogP contribution in [0, 0.1) is 17.1 Å². The maximum atomic E-state index is 13.3. The molecule has 0 bridgehead atoms. The smallest absolute Gasteiger partial charge is 0.404 e. The summed E-state index contributed by atoms with van der Waals surface area (Å²) in [6, 6.07) is 11.5. The minimum absolute atomic E-state index is 0.330. The van der Waals surface area contributed by atoms with Gasteiger partial charge in [0, 0.05) is 6.04 Å². The van der Waals surface area contributed by atoms with Crippen molar-refractivity contribution in [3.8, 4) is 17.2 Å². The number of nitriles is 1.